The second kappa shape index (κ2) is 5.45. The molecule has 3 rings (SSSR count). The van der Waals surface area contributed by atoms with Gasteiger partial charge in [0.2, 0.25) is 5.88 Å². The summed E-state index contributed by atoms with van der Waals surface area (Å²) in [5.74, 6) is 1.55. The highest BCUT2D eigenvalue weighted by atomic mass is 16.5. The summed E-state index contributed by atoms with van der Waals surface area (Å²) in [6.45, 7) is 1.97. The molecule has 0 spiro atoms. The monoisotopic (exact) mass is 258 g/mol. The molecule has 4 nitrogen and oxygen atoms in total. The highest BCUT2D eigenvalue weighted by Crippen LogP contribution is 2.31. The molecule has 0 aliphatic carbocycles. The van der Waals surface area contributed by atoms with Crippen molar-refractivity contribution in [3.05, 3.63) is 30.5 Å². The number of ether oxygens (including phenoxy) is 2. The van der Waals surface area contributed by atoms with E-state index in [0.29, 0.717) is 5.88 Å². The molecule has 1 aliphatic rings. The van der Waals surface area contributed by atoms with Gasteiger partial charge in [0, 0.05) is 23.5 Å². The van der Waals surface area contributed by atoms with E-state index in [0.717, 1.165) is 42.5 Å². The lowest BCUT2D eigenvalue weighted by Gasteiger charge is -2.24. The maximum Gasteiger partial charge on any atom is 0.221 e. The van der Waals surface area contributed by atoms with Crippen LogP contribution in [0.25, 0.3) is 10.8 Å². The Labute approximate surface area is 112 Å². The fourth-order valence-electron chi connectivity index (χ4n) is 2.50. The van der Waals surface area contributed by atoms with Crippen molar-refractivity contribution in [2.24, 2.45) is 0 Å². The van der Waals surface area contributed by atoms with Crippen LogP contribution < -0.4 is 14.8 Å². The standard InChI is InChI=1S/C15H18N2O2/c1-18-14-6-2-5-13-12(14)7-9-17-15(13)19-11-4-3-8-16-10-11/h2,5-7,9,11,16H,3-4,8,10H2,1H3/t11-/m0/s1. The first-order valence-electron chi connectivity index (χ1n) is 6.67. The minimum Gasteiger partial charge on any atom is -0.496 e. The van der Waals surface area contributed by atoms with E-state index >= 15 is 0 Å². The van der Waals surface area contributed by atoms with Gasteiger partial charge in [0.25, 0.3) is 0 Å². The Morgan fingerprint density at radius 3 is 3.00 bits per heavy atom. The van der Waals surface area contributed by atoms with Crippen LogP contribution in [0.5, 0.6) is 11.6 Å². The van der Waals surface area contributed by atoms with Crippen LogP contribution in [0.2, 0.25) is 0 Å². The van der Waals surface area contributed by atoms with Crippen LogP contribution in [0, 0.1) is 0 Å². The van der Waals surface area contributed by atoms with E-state index in [4.69, 9.17) is 9.47 Å². The van der Waals surface area contributed by atoms with Gasteiger partial charge in [-0.1, -0.05) is 6.07 Å². The van der Waals surface area contributed by atoms with Gasteiger partial charge in [-0.15, -0.1) is 0 Å². The summed E-state index contributed by atoms with van der Waals surface area (Å²) in [7, 11) is 1.68. The Hall–Kier alpha value is -1.81. The van der Waals surface area contributed by atoms with Gasteiger partial charge in [0.1, 0.15) is 11.9 Å². The van der Waals surface area contributed by atoms with Gasteiger partial charge in [0.05, 0.1) is 7.11 Å². The van der Waals surface area contributed by atoms with Crippen molar-refractivity contribution in [1.82, 2.24) is 10.3 Å². The summed E-state index contributed by atoms with van der Waals surface area (Å²) in [6, 6.07) is 7.90. The predicted molar refractivity (Wildman–Crippen MR) is 74.8 cm³/mol. The van der Waals surface area contributed by atoms with E-state index in [-0.39, 0.29) is 6.10 Å². The molecule has 0 bridgehead atoms. The molecule has 0 saturated carbocycles. The summed E-state index contributed by atoms with van der Waals surface area (Å²) >= 11 is 0. The molecule has 1 N–H and O–H groups in total. The number of benzene rings is 1. The van der Waals surface area contributed by atoms with Crippen molar-refractivity contribution in [2.45, 2.75) is 18.9 Å². The van der Waals surface area contributed by atoms with E-state index < -0.39 is 0 Å². The lowest BCUT2D eigenvalue weighted by atomic mass is 10.1. The zero-order chi connectivity index (χ0) is 13.1. The van der Waals surface area contributed by atoms with E-state index in [1.165, 1.54) is 0 Å². The van der Waals surface area contributed by atoms with Crippen LogP contribution in [0.3, 0.4) is 0 Å². The molecule has 1 atom stereocenters. The molecule has 2 heterocycles. The van der Waals surface area contributed by atoms with Gasteiger partial charge < -0.3 is 14.8 Å². The number of hydrogen-bond acceptors (Lipinski definition) is 4. The molecular weight excluding hydrogens is 240 g/mol. The number of pyridine rings is 1. The third-order valence-corrected chi connectivity index (χ3v) is 3.48. The van der Waals surface area contributed by atoms with Crippen molar-refractivity contribution in [2.75, 3.05) is 20.2 Å². The van der Waals surface area contributed by atoms with Crippen molar-refractivity contribution >= 4 is 10.8 Å². The fraction of sp³-hybridized carbons (Fsp3) is 0.400. The first-order chi connectivity index (χ1) is 9.38. The Balaban J connectivity index is 1.94. The normalized spacial score (nSPS) is 19.3. The number of rotatable bonds is 3. The topological polar surface area (TPSA) is 43.4 Å². The van der Waals surface area contributed by atoms with Crippen LogP contribution in [0.4, 0.5) is 0 Å². The number of fused-ring (bicyclic) bond motifs is 1. The molecule has 1 saturated heterocycles. The molecule has 2 aromatic rings. The first-order valence-corrected chi connectivity index (χ1v) is 6.67. The quantitative estimate of drug-likeness (QED) is 0.918. The summed E-state index contributed by atoms with van der Waals surface area (Å²) in [6.07, 6.45) is 4.21. The largest absolute Gasteiger partial charge is 0.496 e. The third kappa shape index (κ3) is 2.49. The SMILES string of the molecule is COc1cccc2c(O[C@H]3CCCNC3)nccc12. The summed E-state index contributed by atoms with van der Waals surface area (Å²) in [5, 5.41) is 5.40. The molecule has 1 aromatic carbocycles. The minimum absolute atomic E-state index is 0.207. The number of hydrogen-bond donors (Lipinski definition) is 1. The number of aromatic nitrogens is 1. The van der Waals surface area contributed by atoms with E-state index in [9.17, 15) is 0 Å². The number of nitrogens with one attached hydrogen (secondary N) is 1. The van der Waals surface area contributed by atoms with Gasteiger partial charge in [-0.05, 0) is 37.6 Å². The van der Waals surface area contributed by atoms with Crippen LogP contribution >= 0.6 is 0 Å². The highest BCUT2D eigenvalue weighted by molar-refractivity contribution is 5.91. The maximum absolute atomic E-state index is 6.04. The summed E-state index contributed by atoms with van der Waals surface area (Å²) in [5.41, 5.74) is 0. The molecule has 100 valence electrons. The number of piperidine rings is 1. The second-order valence-corrected chi connectivity index (χ2v) is 4.76. The van der Waals surface area contributed by atoms with Gasteiger partial charge in [-0.25, -0.2) is 4.98 Å². The summed E-state index contributed by atoms with van der Waals surface area (Å²) in [4.78, 5) is 4.37. The molecule has 1 fully saturated rings. The highest BCUT2D eigenvalue weighted by Gasteiger charge is 2.16. The molecule has 19 heavy (non-hydrogen) atoms. The second-order valence-electron chi connectivity index (χ2n) is 4.76. The lowest BCUT2D eigenvalue weighted by molar-refractivity contribution is 0.163. The molecular formula is C15H18N2O2. The molecule has 0 radical (unpaired) electrons. The number of methoxy groups -OCH3 is 1. The van der Waals surface area contributed by atoms with E-state index in [1.807, 2.05) is 24.3 Å². The maximum atomic E-state index is 6.04. The van der Waals surface area contributed by atoms with Crippen molar-refractivity contribution in [3.63, 3.8) is 0 Å². The van der Waals surface area contributed by atoms with Crippen molar-refractivity contribution in [1.29, 1.82) is 0 Å². The van der Waals surface area contributed by atoms with Crippen LogP contribution in [-0.4, -0.2) is 31.3 Å². The van der Waals surface area contributed by atoms with Crippen molar-refractivity contribution < 1.29 is 9.47 Å². The van der Waals surface area contributed by atoms with Crippen LogP contribution in [0.1, 0.15) is 12.8 Å². The van der Waals surface area contributed by atoms with E-state index in [2.05, 4.69) is 10.3 Å². The smallest absolute Gasteiger partial charge is 0.221 e. The molecule has 1 aromatic heterocycles. The van der Waals surface area contributed by atoms with Crippen LogP contribution in [-0.2, 0) is 0 Å². The first kappa shape index (κ1) is 12.2. The molecule has 0 amide bonds. The van der Waals surface area contributed by atoms with Gasteiger partial charge >= 0.3 is 0 Å². The van der Waals surface area contributed by atoms with E-state index in [1.54, 1.807) is 13.3 Å². The average molecular weight is 258 g/mol. The summed E-state index contributed by atoms with van der Waals surface area (Å²) < 4.78 is 11.4. The molecule has 4 heteroatoms. The van der Waals surface area contributed by atoms with Crippen molar-refractivity contribution in [3.8, 4) is 11.6 Å². The molecule has 0 unspecified atom stereocenters. The lowest BCUT2D eigenvalue weighted by Crippen LogP contribution is -2.37. The Bertz CT molecular complexity index is 565. The Morgan fingerprint density at radius 2 is 2.21 bits per heavy atom. The van der Waals surface area contributed by atoms with Crippen LogP contribution in [0.15, 0.2) is 30.5 Å². The zero-order valence-corrected chi connectivity index (χ0v) is 11.1. The fourth-order valence-corrected chi connectivity index (χ4v) is 2.50. The van der Waals surface area contributed by atoms with Gasteiger partial charge in [0.15, 0.2) is 0 Å². The average Bonchev–Trinajstić information content (AvgIpc) is 2.48. The minimum atomic E-state index is 0.207. The predicted octanol–water partition coefficient (Wildman–Crippen LogP) is 2.37. The Kier molecular flexibility index (Phi) is 3.51. The number of nitrogens with zero attached hydrogens (tertiary/aromatic N) is 1. The Morgan fingerprint density at radius 1 is 1.26 bits per heavy atom. The van der Waals surface area contributed by atoms with Gasteiger partial charge in [-0.3, -0.25) is 0 Å². The molecule has 1 aliphatic heterocycles. The zero-order valence-electron chi connectivity index (χ0n) is 11.1. The third-order valence-electron chi connectivity index (χ3n) is 3.48. The van der Waals surface area contributed by atoms with Gasteiger partial charge in [-0.2, -0.15) is 0 Å².